The number of phosphoric ester groups is 1. The SMILES string of the molecule is CCCCCC/C=C\CCCCCCCC(=O)OC[C@H](COP(=O)([O-])OCC[N+](C)(C)C)OC(=O)CCC/C=C\C/C=C\C/C=C\C/C=C\CC[C@H](O)CC. The highest BCUT2D eigenvalue weighted by Gasteiger charge is 2.21. The van der Waals surface area contributed by atoms with Crippen molar-refractivity contribution in [3.05, 3.63) is 60.8 Å². The molecule has 0 aliphatic rings. The topological polar surface area (TPSA) is 131 Å². The van der Waals surface area contributed by atoms with E-state index >= 15 is 0 Å². The van der Waals surface area contributed by atoms with Crippen LogP contribution < -0.4 is 4.89 Å². The molecule has 0 aliphatic carbocycles. The van der Waals surface area contributed by atoms with Crippen molar-refractivity contribution in [1.82, 2.24) is 0 Å². The zero-order valence-electron chi connectivity index (χ0n) is 35.2. The quantitative estimate of drug-likeness (QED) is 0.0215. The molecule has 0 heterocycles. The predicted molar refractivity (Wildman–Crippen MR) is 223 cm³/mol. The molecule has 3 atom stereocenters. The molecule has 0 aromatic heterocycles. The summed E-state index contributed by atoms with van der Waals surface area (Å²) in [7, 11) is 1.09. The zero-order chi connectivity index (χ0) is 40.9. The largest absolute Gasteiger partial charge is 0.756 e. The highest BCUT2D eigenvalue weighted by molar-refractivity contribution is 7.45. The lowest BCUT2D eigenvalue weighted by Gasteiger charge is -2.28. The van der Waals surface area contributed by atoms with Gasteiger partial charge in [-0.25, -0.2) is 0 Å². The zero-order valence-corrected chi connectivity index (χ0v) is 36.1. The molecule has 318 valence electrons. The van der Waals surface area contributed by atoms with Crippen molar-refractivity contribution in [2.75, 3.05) is 47.5 Å². The van der Waals surface area contributed by atoms with Crippen LogP contribution in [0.1, 0.15) is 149 Å². The van der Waals surface area contributed by atoms with Crippen LogP contribution in [-0.2, 0) is 32.7 Å². The number of carbonyl (C=O) groups excluding carboxylic acids is 2. The fraction of sp³-hybridized carbons (Fsp3) is 0.727. The molecule has 0 fully saturated rings. The van der Waals surface area contributed by atoms with Crippen LogP contribution in [0.4, 0.5) is 0 Å². The molecular weight excluding hydrogens is 717 g/mol. The Labute approximate surface area is 335 Å². The van der Waals surface area contributed by atoms with Gasteiger partial charge in [0.25, 0.3) is 7.82 Å². The van der Waals surface area contributed by atoms with E-state index < -0.39 is 32.5 Å². The molecule has 55 heavy (non-hydrogen) atoms. The number of hydrogen-bond acceptors (Lipinski definition) is 9. The minimum Gasteiger partial charge on any atom is -0.756 e. The summed E-state index contributed by atoms with van der Waals surface area (Å²) in [6, 6.07) is 0. The molecule has 1 unspecified atom stereocenters. The molecule has 0 aliphatic heterocycles. The number of carbonyl (C=O) groups is 2. The van der Waals surface area contributed by atoms with Gasteiger partial charge >= 0.3 is 11.9 Å². The van der Waals surface area contributed by atoms with Crippen LogP contribution in [0.15, 0.2) is 60.8 Å². The fourth-order valence-electron chi connectivity index (χ4n) is 5.15. The van der Waals surface area contributed by atoms with Gasteiger partial charge in [0.15, 0.2) is 6.10 Å². The third-order valence-electron chi connectivity index (χ3n) is 8.67. The molecule has 0 saturated heterocycles. The predicted octanol–water partition coefficient (Wildman–Crippen LogP) is 10.0. The second kappa shape index (κ2) is 36.0. The first-order valence-electron chi connectivity index (χ1n) is 21.1. The fourth-order valence-corrected chi connectivity index (χ4v) is 5.88. The lowest BCUT2D eigenvalue weighted by atomic mass is 10.1. The van der Waals surface area contributed by atoms with Crippen LogP contribution in [0.3, 0.4) is 0 Å². The van der Waals surface area contributed by atoms with Gasteiger partial charge in [0, 0.05) is 12.8 Å². The van der Waals surface area contributed by atoms with Crippen molar-refractivity contribution in [3.8, 4) is 0 Å². The Morgan fingerprint density at radius 3 is 1.76 bits per heavy atom. The van der Waals surface area contributed by atoms with Gasteiger partial charge in [0.05, 0.1) is 33.9 Å². The van der Waals surface area contributed by atoms with Crippen molar-refractivity contribution in [2.45, 2.75) is 161 Å². The van der Waals surface area contributed by atoms with Gasteiger partial charge in [-0.1, -0.05) is 113 Å². The van der Waals surface area contributed by atoms with Crippen LogP contribution in [-0.4, -0.2) is 81.2 Å². The highest BCUT2D eigenvalue weighted by Crippen LogP contribution is 2.38. The Morgan fingerprint density at radius 1 is 0.655 bits per heavy atom. The molecule has 0 aromatic rings. The number of aliphatic hydroxyl groups is 1. The number of hydrogen-bond donors (Lipinski definition) is 1. The summed E-state index contributed by atoms with van der Waals surface area (Å²) in [6.45, 7) is 3.82. The van der Waals surface area contributed by atoms with E-state index in [0.717, 1.165) is 77.0 Å². The molecule has 0 bridgehead atoms. The Morgan fingerprint density at radius 2 is 1.16 bits per heavy atom. The summed E-state index contributed by atoms with van der Waals surface area (Å²) in [6.07, 6.45) is 39.1. The summed E-state index contributed by atoms with van der Waals surface area (Å²) in [5, 5.41) is 9.56. The van der Waals surface area contributed by atoms with Crippen LogP contribution in [0.25, 0.3) is 0 Å². The first-order chi connectivity index (χ1) is 26.4. The van der Waals surface area contributed by atoms with E-state index in [9.17, 15) is 24.2 Å². The molecule has 0 amide bonds. The van der Waals surface area contributed by atoms with Gasteiger partial charge in [-0.15, -0.1) is 0 Å². The van der Waals surface area contributed by atoms with Crippen LogP contribution in [0.5, 0.6) is 0 Å². The number of ether oxygens (including phenoxy) is 2. The molecule has 0 aromatic carbocycles. The molecule has 10 nitrogen and oxygen atoms in total. The number of nitrogens with zero attached hydrogens (tertiary/aromatic N) is 1. The van der Waals surface area contributed by atoms with Crippen molar-refractivity contribution in [2.24, 2.45) is 0 Å². The number of allylic oxidation sites excluding steroid dienone is 10. The third-order valence-corrected chi connectivity index (χ3v) is 9.64. The molecular formula is C44H78NO9P. The Bertz CT molecular complexity index is 1140. The number of unbranched alkanes of at least 4 members (excludes halogenated alkanes) is 10. The summed E-state index contributed by atoms with van der Waals surface area (Å²) in [4.78, 5) is 37.4. The van der Waals surface area contributed by atoms with Crippen molar-refractivity contribution < 1.29 is 47.2 Å². The molecule has 0 rings (SSSR count). The average Bonchev–Trinajstić information content (AvgIpc) is 3.13. The van der Waals surface area contributed by atoms with Gasteiger partial charge in [-0.3, -0.25) is 14.2 Å². The number of phosphoric acid groups is 1. The van der Waals surface area contributed by atoms with E-state index in [1.807, 2.05) is 40.2 Å². The maximum Gasteiger partial charge on any atom is 0.306 e. The molecule has 11 heteroatoms. The Balaban J connectivity index is 4.52. The van der Waals surface area contributed by atoms with E-state index in [0.29, 0.717) is 30.3 Å². The van der Waals surface area contributed by atoms with Crippen LogP contribution in [0, 0.1) is 0 Å². The molecule has 0 saturated carbocycles. The smallest absolute Gasteiger partial charge is 0.306 e. The van der Waals surface area contributed by atoms with E-state index in [4.69, 9.17) is 18.5 Å². The minimum absolute atomic E-state index is 0.0510. The summed E-state index contributed by atoms with van der Waals surface area (Å²) in [5.41, 5.74) is 0. The maximum atomic E-state index is 12.6. The van der Waals surface area contributed by atoms with E-state index in [2.05, 4.69) is 55.5 Å². The molecule has 0 radical (unpaired) electrons. The third kappa shape index (κ3) is 39.7. The van der Waals surface area contributed by atoms with E-state index in [-0.39, 0.29) is 32.2 Å². The second-order valence-electron chi connectivity index (χ2n) is 15.1. The van der Waals surface area contributed by atoms with Gasteiger partial charge in [-0.2, -0.15) is 0 Å². The number of rotatable bonds is 37. The van der Waals surface area contributed by atoms with Gasteiger partial charge in [0.2, 0.25) is 0 Å². The first kappa shape index (κ1) is 52.7. The lowest BCUT2D eigenvalue weighted by Crippen LogP contribution is -2.37. The molecule has 1 N–H and O–H groups in total. The summed E-state index contributed by atoms with van der Waals surface area (Å²) >= 11 is 0. The number of quaternary nitrogens is 1. The summed E-state index contributed by atoms with van der Waals surface area (Å²) in [5.74, 6) is -0.935. The Hall–Kier alpha value is -2.33. The number of likely N-dealkylation sites (N-methyl/N-ethyl adjacent to an activating group) is 1. The average molecular weight is 796 g/mol. The number of esters is 2. The van der Waals surface area contributed by atoms with Crippen LogP contribution in [0.2, 0.25) is 0 Å². The highest BCUT2D eigenvalue weighted by atomic mass is 31.2. The minimum atomic E-state index is -4.65. The Kier molecular flexibility index (Phi) is 34.5. The van der Waals surface area contributed by atoms with Gasteiger partial charge in [0.1, 0.15) is 19.8 Å². The standard InChI is InChI=1S/C44H78NO9P/c1-6-8-9-10-11-12-13-16-20-23-26-29-32-35-43(47)51-39-42(40-53-55(49,50)52-38-37-45(3,4)5)54-44(48)36-33-30-27-24-21-18-15-14-17-19-22-25-28-31-34-41(46)7-2/h12-13,15,17-19,24-25,27-28,41-42,46H,6-11,14,16,20-23,26,29-40H2,1-5H3/b13-12-,18-15-,19-17-,27-24-,28-25-/t41-,42-/m1/s1. The monoisotopic (exact) mass is 796 g/mol. The first-order valence-corrected chi connectivity index (χ1v) is 22.5. The van der Waals surface area contributed by atoms with Crippen LogP contribution >= 0.6 is 7.82 Å². The normalized spacial score (nSPS) is 14.8. The number of aliphatic hydroxyl groups excluding tert-OH is 1. The second-order valence-corrected chi connectivity index (χ2v) is 16.5. The molecule has 0 spiro atoms. The van der Waals surface area contributed by atoms with Gasteiger partial charge in [-0.05, 0) is 83.5 Å². The van der Waals surface area contributed by atoms with E-state index in [1.54, 1.807) is 0 Å². The van der Waals surface area contributed by atoms with Crippen molar-refractivity contribution in [1.29, 1.82) is 0 Å². The maximum absolute atomic E-state index is 12.6. The lowest BCUT2D eigenvalue weighted by molar-refractivity contribution is -0.870. The van der Waals surface area contributed by atoms with Gasteiger partial charge < -0.3 is 33.0 Å². The van der Waals surface area contributed by atoms with Crippen molar-refractivity contribution in [3.63, 3.8) is 0 Å². The van der Waals surface area contributed by atoms with Crippen molar-refractivity contribution >= 4 is 19.8 Å². The summed E-state index contributed by atoms with van der Waals surface area (Å²) < 4.78 is 33.7. The van der Waals surface area contributed by atoms with E-state index in [1.165, 1.54) is 25.7 Å².